The highest BCUT2D eigenvalue weighted by molar-refractivity contribution is 5.94. The van der Waals surface area contributed by atoms with Crippen LogP contribution in [0.1, 0.15) is 38.1 Å². The lowest BCUT2D eigenvalue weighted by atomic mass is 9.65. The van der Waals surface area contributed by atoms with Crippen LogP contribution in [-0.2, 0) is 0 Å². The Labute approximate surface area is 150 Å². The third-order valence-corrected chi connectivity index (χ3v) is 5.38. The Balaban J connectivity index is 1.81. The largest absolute Gasteiger partial charge is 0.497 e. The van der Waals surface area contributed by atoms with Gasteiger partial charge in [0.25, 0.3) is 5.91 Å². The second kappa shape index (κ2) is 7.33. The summed E-state index contributed by atoms with van der Waals surface area (Å²) in [5.41, 5.74) is 0.901. The maximum atomic E-state index is 12.2. The number of methoxy groups -OCH3 is 1. The summed E-state index contributed by atoms with van der Waals surface area (Å²) in [5.74, 6) is 1.44. The molecule has 1 saturated heterocycles. The molecule has 0 radical (unpaired) electrons. The monoisotopic (exact) mass is 346 g/mol. The normalized spacial score (nSPS) is 18.3. The van der Waals surface area contributed by atoms with Gasteiger partial charge in [0.1, 0.15) is 5.75 Å². The van der Waals surface area contributed by atoms with Gasteiger partial charge in [-0.2, -0.15) is 0 Å². The molecule has 0 aliphatic carbocycles. The second-order valence-electron chi connectivity index (χ2n) is 7.49. The highest BCUT2D eigenvalue weighted by Gasteiger charge is 2.53. The van der Waals surface area contributed by atoms with E-state index in [1.807, 2.05) is 12.1 Å². The molecule has 0 bridgehead atoms. The summed E-state index contributed by atoms with van der Waals surface area (Å²) in [7, 11) is 3.38. The van der Waals surface area contributed by atoms with Crippen molar-refractivity contribution >= 4 is 11.9 Å². The summed E-state index contributed by atoms with van der Waals surface area (Å²) < 4.78 is 5.14. The van der Waals surface area contributed by atoms with E-state index >= 15 is 0 Å². The van der Waals surface area contributed by atoms with Crippen LogP contribution in [0.4, 0.5) is 0 Å². The fraction of sp³-hybridized carbons (Fsp3) is 0.579. The second-order valence-corrected chi connectivity index (χ2v) is 7.49. The first-order valence-corrected chi connectivity index (χ1v) is 8.63. The third-order valence-electron chi connectivity index (χ3n) is 5.38. The number of hydrogen-bond donors (Lipinski definition) is 2. The van der Waals surface area contributed by atoms with E-state index in [2.05, 4.69) is 48.2 Å². The number of likely N-dealkylation sites (tertiary alicyclic amines) is 1. The van der Waals surface area contributed by atoms with Crippen molar-refractivity contribution in [3.8, 4) is 5.75 Å². The molecule has 0 unspecified atom stereocenters. The molecule has 0 atom stereocenters. The molecule has 1 heterocycles. The van der Waals surface area contributed by atoms with E-state index in [9.17, 15) is 4.79 Å². The molecule has 1 aromatic rings. The average Bonchev–Trinajstić information content (AvgIpc) is 2.60. The van der Waals surface area contributed by atoms with Crippen molar-refractivity contribution < 1.29 is 9.53 Å². The van der Waals surface area contributed by atoms with Crippen LogP contribution in [0.3, 0.4) is 0 Å². The van der Waals surface area contributed by atoms with E-state index in [1.165, 1.54) is 0 Å². The Bertz CT molecular complexity index is 653. The zero-order valence-corrected chi connectivity index (χ0v) is 16.1. The summed E-state index contributed by atoms with van der Waals surface area (Å²) in [6, 6.07) is 7.13. The number of nitrogens with zero attached hydrogens (tertiary/aromatic N) is 2. The van der Waals surface area contributed by atoms with Gasteiger partial charge in [0.05, 0.1) is 7.11 Å². The summed E-state index contributed by atoms with van der Waals surface area (Å²) in [6.07, 6.45) is 0. The van der Waals surface area contributed by atoms with Crippen LogP contribution >= 0.6 is 0 Å². The van der Waals surface area contributed by atoms with Gasteiger partial charge in [0.2, 0.25) is 0 Å². The molecule has 0 saturated carbocycles. The lowest BCUT2D eigenvalue weighted by molar-refractivity contribution is -0.0666. The zero-order valence-electron chi connectivity index (χ0n) is 16.1. The van der Waals surface area contributed by atoms with Crippen molar-refractivity contribution in [2.24, 2.45) is 10.4 Å². The quantitative estimate of drug-likeness (QED) is 0.487. The van der Waals surface area contributed by atoms with Crippen LogP contribution in [-0.4, -0.2) is 56.1 Å². The maximum Gasteiger partial charge on any atom is 0.251 e. The molecular formula is C19H30N4O2. The van der Waals surface area contributed by atoms with E-state index in [-0.39, 0.29) is 16.9 Å². The third kappa shape index (κ3) is 3.89. The number of rotatable bonds is 5. The molecule has 0 spiro atoms. The Kier molecular flexibility index (Phi) is 5.60. The van der Waals surface area contributed by atoms with E-state index in [0.29, 0.717) is 24.4 Å². The minimum Gasteiger partial charge on any atom is -0.497 e. The molecule has 0 aromatic heterocycles. The van der Waals surface area contributed by atoms with Gasteiger partial charge in [-0.1, -0.05) is 19.9 Å². The summed E-state index contributed by atoms with van der Waals surface area (Å²) in [5, 5.41) is 6.24. The van der Waals surface area contributed by atoms with Gasteiger partial charge >= 0.3 is 0 Å². The summed E-state index contributed by atoms with van der Waals surface area (Å²) in [4.78, 5) is 18.8. The van der Waals surface area contributed by atoms with Crippen LogP contribution < -0.4 is 15.4 Å². The Hall–Kier alpha value is -2.24. The van der Waals surface area contributed by atoms with E-state index in [4.69, 9.17) is 4.74 Å². The SMILES string of the molecule is CN=C(NCCNC(=O)c1cccc(OC)c1)N1CC(C)(C)C1(C)C. The molecule has 1 fully saturated rings. The smallest absolute Gasteiger partial charge is 0.251 e. The predicted octanol–water partition coefficient (Wildman–Crippen LogP) is 2.12. The zero-order chi connectivity index (χ0) is 18.7. The van der Waals surface area contributed by atoms with Crippen LogP contribution in [0.15, 0.2) is 29.3 Å². The van der Waals surface area contributed by atoms with Crippen molar-refractivity contribution in [1.29, 1.82) is 0 Å². The highest BCUT2D eigenvalue weighted by atomic mass is 16.5. The number of aliphatic imine (C=N–C) groups is 1. The standard InChI is InChI=1S/C19H30N4O2/c1-18(2)13-23(19(18,3)4)17(20-5)22-11-10-21-16(24)14-8-7-9-15(12-14)25-6/h7-9,12H,10-11,13H2,1-6H3,(H,20,22)(H,21,24). The lowest BCUT2D eigenvalue weighted by Crippen LogP contribution is -2.72. The number of carbonyl (C=O) groups is 1. The first-order valence-electron chi connectivity index (χ1n) is 8.63. The first-order chi connectivity index (χ1) is 11.7. The van der Waals surface area contributed by atoms with E-state index in [0.717, 1.165) is 12.5 Å². The van der Waals surface area contributed by atoms with E-state index < -0.39 is 0 Å². The number of amides is 1. The number of nitrogens with one attached hydrogen (secondary N) is 2. The fourth-order valence-electron chi connectivity index (χ4n) is 2.91. The van der Waals surface area contributed by atoms with Crippen LogP contribution in [0, 0.1) is 5.41 Å². The van der Waals surface area contributed by atoms with Crippen LogP contribution in [0.2, 0.25) is 0 Å². The molecule has 1 aliphatic rings. The Morgan fingerprint density at radius 2 is 1.92 bits per heavy atom. The Morgan fingerprint density at radius 3 is 2.48 bits per heavy atom. The van der Waals surface area contributed by atoms with Crippen molar-refractivity contribution in [3.05, 3.63) is 29.8 Å². The van der Waals surface area contributed by atoms with Gasteiger partial charge in [-0.15, -0.1) is 0 Å². The van der Waals surface area contributed by atoms with Crippen molar-refractivity contribution in [2.45, 2.75) is 33.2 Å². The minimum atomic E-state index is -0.110. The number of guanidine groups is 1. The molecule has 1 aliphatic heterocycles. The molecule has 1 aromatic carbocycles. The topological polar surface area (TPSA) is 66.0 Å². The molecule has 1 amide bonds. The molecular weight excluding hydrogens is 316 g/mol. The lowest BCUT2D eigenvalue weighted by Gasteiger charge is -2.62. The summed E-state index contributed by atoms with van der Waals surface area (Å²) in [6.45, 7) is 11.1. The number of benzene rings is 1. The fourth-order valence-corrected chi connectivity index (χ4v) is 2.91. The van der Waals surface area contributed by atoms with Crippen molar-refractivity contribution in [2.75, 3.05) is 33.8 Å². The number of hydrogen-bond acceptors (Lipinski definition) is 3. The molecule has 138 valence electrons. The molecule has 2 rings (SSSR count). The average molecular weight is 346 g/mol. The van der Waals surface area contributed by atoms with Gasteiger partial charge in [0, 0.05) is 43.2 Å². The van der Waals surface area contributed by atoms with Crippen molar-refractivity contribution in [3.63, 3.8) is 0 Å². The van der Waals surface area contributed by atoms with Gasteiger partial charge in [-0.3, -0.25) is 9.79 Å². The first kappa shape index (κ1) is 19.1. The molecule has 6 nitrogen and oxygen atoms in total. The van der Waals surface area contributed by atoms with Crippen molar-refractivity contribution in [1.82, 2.24) is 15.5 Å². The molecule has 25 heavy (non-hydrogen) atoms. The number of ether oxygens (including phenoxy) is 1. The highest BCUT2D eigenvalue weighted by Crippen LogP contribution is 2.46. The Morgan fingerprint density at radius 1 is 1.24 bits per heavy atom. The van der Waals surface area contributed by atoms with E-state index in [1.54, 1.807) is 26.3 Å². The van der Waals surface area contributed by atoms with Gasteiger partial charge in [-0.25, -0.2) is 0 Å². The van der Waals surface area contributed by atoms with Gasteiger partial charge in [-0.05, 0) is 32.0 Å². The maximum absolute atomic E-state index is 12.2. The van der Waals surface area contributed by atoms with Crippen LogP contribution in [0.5, 0.6) is 5.75 Å². The van der Waals surface area contributed by atoms with Crippen LogP contribution in [0.25, 0.3) is 0 Å². The predicted molar refractivity (Wildman–Crippen MR) is 101 cm³/mol. The molecule has 2 N–H and O–H groups in total. The van der Waals surface area contributed by atoms with Gasteiger partial charge in [0.15, 0.2) is 5.96 Å². The molecule has 6 heteroatoms. The van der Waals surface area contributed by atoms with Gasteiger partial charge < -0.3 is 20.3 Å². The minimum absolute atomic E-state index is 0.0542. The summed E-state index contributed by atoms with van der Waals surface area (Å²) >= 11 is 0. The number of carbonyl (C=O) groups excluding carboxylic acids is 1.